The number of hydrogen-bond donors (Lipinski definition) is 1. The smallest absolute Gasteiger partial charge is 0.398 e. The van der Waals surface area contributed by atoms with Gasteiger partial charge < -0.3 is 5.73 Å². The molecule has 0 aliphatic carbocycles. The second kappa shape index (κ2) is 4.47. The molecule has 0 bridgehead atoms. The van der Waals surface area contributed by atoms with Crippen LogP contribution >= 0.6 is 0 Å². The minimum absolute atomic E-state index is 0.207. The van der Waals surface area contributed by atoms with Crippen molar-refractivity contribution in [1.82, 2.24) is 14.6 Å². The molecule has 0 amide bonds. The van der Waals surface area contributed by atoms with E-state index >= 15 is 0 Å². The number of nitrogens with zero attached hydrogens (tertiary/aromatic N) is 3. The van der Waals surface area contributed by atoms with Crippen LogP contribution in [0.1, 0.15) is 11.1 Å². The van der Waals surface area contributed by atoms with Crippen molar-refractivity contribution >= 4 is 11.3 Å². The van der Waals surface area contributed by atoms with E-state index in [0.717, 1.165) is 16.1 Å². The van der Waals surface area contributed by atoms with Gasteiger partial charge >= 0.3 is 6.18 Å². The summed E-state index contributed by atoms with van der Waals surface area (Å²) < 4.78 is 40.0. The van der Waals surface area contributed by atoms with Gasteiger partial charge in [0.05, 0.1) is 0 Å². The number of hydrogen-bond acceptors (Lipinski definition) is 3. The Bertz CT molecular complexity index is 821. The number of aryl methyl sites for hydroxylation is 1. The summed E-state index contributed by atoms with van der Waals surface area (Å²) in [5.74, 6) is 0.207. The predicted molar refractivity (Wildman–Crippen MR) is 72.6 cm³/mol. The van der Waals surface area contributed by atoms with E-state index in [9.17, 15) is 13.2 Å². The maximum atomic E-state index is 12.9. The molecular formula is C14H11F3N4. The Morgan fingerprint density at radius 2 is 1.95 bits per heavy atom. The first kappa shape index (κ1) is 13.4. The highest BCUT2D eigenvalue weighted by Crippen LogP contribution is 2.32. The molecular weight excluding hydrogens is 281 g/mol. The van der Waals surface area contributed by atoms with E-state index in [1.807, 2.05) is 6.92 Å². The van der Waals surface area contributed by atoms with Gasteiger partial charge in [0.25, 0.3) is 0 Å². The number of rotatable bonds is 1. The van der Waals surface area contributed by atoms with Crippen LogP contribution < -0.4 is 5.73 Å². The van der Waals surface area contributed by atoms with Gasteiger partial charge in [0, 0.05) is 17.4 Å². The fraction of sp³-hybridized carbons (Fsp3) is 0.143. The highest BCUT2D eigenvalue weighted by molar-refractivity contribution is 5.66. The molecule has 0 atom stereocenters. The lowest BCUT2D eigenvalue weighted by atomic mass is 10.1. The van der Waals surface area contributed by atoms with Crippen LogP contribution in [0.25, 0.3) is 17.0 Å². The zero-order chi connectivity index (χ0) is 15.2. The standard InChI is InChI=1S/C14H11F3N4/c1-8-4-5-9(7-11(8)18)12-19-13-10(14(15,16)17)3-2-6-21(13)20-12/h2-7H,18H2,1H3. The van der Waals surface area contributed by atoms with Crippen LogP contribution in [-0.4, -0.2) is 14.6 Å². The molecule has 2 heterocycles. The zero-order valence-electron chi connectivity index (χ0n) is 11.0. The van der Waals surface area contributed by atoms with Gasteiger partial charge in [-0.15, -0.1) is 5.10 Å². The van der Waals surface area contributed by atoms with Gasteiger partial charge in [-0.25, -0.2) is 9.50 Å². The largest absolute Gasteiger partial charge is 0.420 e. The number of alkyl halides is 3. The Kier molecular flexibility index (Phi) is 2.86. The van der Waals surface area contributed by atoms with Crippen molar-refractivity contribution in [2.45, 2.75) is 13.1 Å². The van der Waals surface area contributed by atoms with E-state index in [-0.39, 0.29) is 11.5 Å². The van der Waals surface area contributed by atoms with E-state index in [1.54, 1.807) is 18.2 Å². The summed E-state index contributed by atoms with van der Waals surface area (Å²) >= 11 is 0. The van der Waals surface area contributed by atoms with Crippen LogP contribution in [0.15, 0.2) is 36.5 Å². The molecule has 2 N–H and O–H groups in total. The van der Waals surface area contributed by atoms with Crippen molar-refractivity contribution in [3.8, 4) is 11.4 Å². The molecule has 0 saturated carbocycles. The number of nitrogen functional groups attached to an aromatic ring is 1. The summed E-state index contributed by atoms with van der Waals surface area (Å²) in [5, 5.41) is 4.08. The molecule has 7 heteroatoms. The molecule has 3 rings (SSSR count). The number of aromatic nitrogens is 3. The van der Waals surface area contributed by atoms with E-state index < -0.39 is 11.7 Å². The number of anilines is 1. The summed E-state index contributed by atoms with van der Waals surface area (Å²) in [5.41, 5.74) is 6.78. The highest BCUT2D eigenvalue weighted by Gasteiger charge is 2.34. The van der Waals surface area contributed by atoms with Crippen molar-refractivity contribution in [3.63, 3.8) is 0 Å². The van der Waals surface area contributed by atoms with Crippen LogP contribution in [0.3, 0.4) is 0 Å². The third kappa shape index (κ3) is 2.31. The fourth-order valence-electron chi connectivity index (χ4n) is 2.03. The summed E-state index contributed by atoms with van der Waals surface area (Å²) in [7, 11) is 0. The number of halogens is 3. The molecule has 21 heavy (non-hydrogen) atoms. The normalized spacial score (nSPS) is 12.0. The molecule has 0 radical (unpaired) electrons. The van der Waals surface area contributed by atoms with Crippen LogP contribution in [0.2, 0.25) is 0 Å². The lowest BCUT2D eigenvalue weighted by molar-refractivity contribution is -0.136. The Balaban J connectivity index is 2.19. The van der Waals surface area contributed by atoms with Crippen LogP contribution in [0.5, 0.6) is 0 Å². The van der Waals surface area contributed by atoms with Crippen LogP contribution in [0.4, 0.5) is 18.9 Å². The maximum absolute atomic E-state index is 12.9. The maximum Gasteiger partial charge on any atom is 0.420 e. The van der Waals surface area contributed by atoms with Crippen molar-refractivity contribution < 1.29 is 13.2 Å². The molecule has 108 valence electrons. The third-order valence-corrected chi connectivity index (χ3v) is 3.21. The molecule has 0 fully saturated rings. The zero-order valence-corrected chi connectivity index (χ0v) is 11.0. The second-order valence-corrected chi connectivity index (χ2v) is 4.69. The molecule has 0 aliphatic heterocycles. The van der Waals surface area contributed by atoms with Crippen molar-refractivity contribution in [3.05, 3.63) is 47.7 Å². The first-order chi connectivity index (χ1) is 9.86. The molecule has 0 saturated heterocycles. The van der Waals surface area contributed by atoms with Gasteiger partial charge in [0.2, 0.25) is 0 Å². The van der Waals surface area contributed by atoms with Gasteiger partial charge in [0.15, 0.2) is 11.5 Å². The highest BCUT2D eigenvalue weighted by atomic mass is 19.4. The summed E-state index contributed by atoms with van der Waals surface area (Å²) in [6.07, 6.45) is -3.04. The van der Waals surface area contributed by atoms with Crippen molar-refractivity contribution in [2.75, 3.05) is 5.73 Å². The average molecular weight is 292 g/mol. The third-order valence-electron chi connectivity index (χ3n) is 3.21. The second-order valence-electron chi connectivity index (χ2n) is 4.69. The van der Waals surface area contributed by atoms with E-state index in [4.69, 9.17) is 5.73 Å². The van der Waals surface area contributed by atoms with Gasteiger partial charge in [-0.2, -0.15) is 13.2 Å². The van der Waals surface area contributed by atoms with E-state index in [1.165, 1.54) is 12.3 Å². The summed E-state index contributed by atoms with van der Waals surface area (Å²) in [4.78, 5) is 4.00. The van der Waals surface area contributed by atoms with Crippen LogP contribution in [-0.2, 0) is 6.18 Å². The van der Waals surface area contributed by atoms with Gasteiger partial charge in [-0.3, -0.25) is 0 Å². The van der Waals surface area contributed by atoms with E-state index in [0.29, 0.717) is 11.3 Å². The van der Waals surface area contributed by atoms with Crippen molar-refractivity contribution in [2.24, 2.45) is 0 Å². The van der Waals surface area contributed by atoms with Crippen LogP contribution in [0, 0.1) is 6.92 Å². The Morgan fingerprint density at radius 1 is 1.19 bits per heavy atom. The molecule has 0 aliphatic rings. The number of fused-ring (bicyclic) bond motifs is 1. The molecule has 3 aromatic rings. The first-order valence-corrected chi connectivity index (χ1v) is 6.15. The molecule has 1 aromatic carbocycles. The van der Waals surface area contributed by atoms with Crippen molar-refractivity contribution in [1.29, 1.82) is 0 Å². The molecule has 0 spiro atoms. The summed E-state index contributed by atoms with van der Waals surface area (Å²) in [6, 6.07) is 7.43. The summed E-state index contributed by atoms with van der Waals surface area (Å²) in [6.45, 7) is 1.85. The molecule has 0 unspecified atom stereocenters. The lowest BCUT2D eigenvalue weighted by Crippen LogP contribution is -2.07. The first-order valence-electron chi connectivity index (χ1n) is 6.15. The average Bonchev–Trinajstić information content (AvgIpc) is 2.84. The Labute approximate surface area is 118 Å². The monoisotopic (exact) mass is 292 g/mol. The minimum Gasteiger partial charge on any atom is -0.398 e. The van der Waals surface area contributed by atoms with Gasteiger partial charge in [-0.05, 0) is 30.7 Å². The van der Waals surface area contributed by atoms with Gasteiger partial charge in [-0.1, -0.05) is 12.1 Å². The quantitative estimate of drug-likeness (QED) is 0.700. The lowest BCUT2D eigenvalue weighted by Gasteiger charge is -2.05. The molecule has 2 aromatic heterocycles. The topological polar surface area (TPSA) is 56.2 Å². The number of nitrogens with two attached hydrogens (primary N) is 1. The Morgan fingerprint density at radius 3 is 2.62 bits per heavy atom. The molecule has 4 nitrogen and oxygen atoms in total. The Hall–Kier alpha value is -2.57. The minimum atomic E-state index is -4.47. The number of benzene rings is 1. The van der Waals surface area contributed by atoms with E-state index in [2.05, 4.69) is 10.1 Å². The SMILES string of the molecule is Cc1ccc(-c2nc3c(C(F)(F)F)cccn3n2)cc1N. The van der Waals surface area contributed by atoms with Gasteiger partial charge in [0.1, 0.15) is 5.56 Å². The predicted octanol–water partition coefficient (Wildman–Crippen LogP) is 3.31. The number of pyridine rings is 1. The fourth-order valence-corrected chi connectivity index (χ4v) is 2.03.